The Morgan fingerprint density at radius 3 is 2.45 bits per heavy atom. The lowest BCUT2D eigenvalue weighted by Crippen LogP contribution is -2.49. The molecule has 0 aliphatic rings. The fraction of sp³-hybridized carbons (Fsp3) is 0.562. The van der Waals surface area contributed by atoms with E-state index in [0.29, 0.717) is 18.1 Å². The number of amides is 1. The van der Waals surface area contributed by atoms with Crippen LogP contribution in [0.4, 0.5) is 4.79 Å². The number of halogens is 2. The van der Waals surface area contributed by atoms with Crippen LogP contribution < -0.4 is 10.6 Å². The average molecular weight is 392 g/mol. The minimum Gasteiger partial charge on any atom is -0.444 e. The molecular weight excluding hydrogens is 368 g/mol. The zero-order valence-electron chi connectivity index (χ0n) is 13.7. The van der Waals surface area contributed by atoms with E-state index < -0.39 is 11.7 Å². The van der Waals surface area contributed by atoms with Crippen LogP contribution in [0.15, 0.2) is 22.7 Å². The molecule has 0 aromatic heterocycles. The molecule has 4 nitrogen and oxygen atoms in total. The minimum atomic E-state index is -0.490. The molecule has 2 N–H and O–H groups in total. The predicted octanol–water partition coefficient (Wildman–Crippen LogP) is 4.50. The van der Waals surface area contributed by atoms with Crippen molar-refractivity contribution in [1.29, 1.82) is 0 Å². The van der Waals surface area contributed by atoms with E-state index in [9.17, 15) is 4.79 Å². The number of rotatable bonds is 5. The number of nitrogens with one attached hydrogen (secondary N) is 2. The van der Waals surface area contributed by atoms with Crippen LogP contribution in [0.5, 0.6) is 0 Å². The van der Waals surface area contributed by atoms with Crippen LogP contribution in [0, 0.1) is 0 Å². The summed E-state index contributed by atoms with van der Waals surface area (Å²) in [5, 5.41) is 6.89. The first-order chi connectivity index (χ1) is 9.98. The molecule has 0 atom stereocenters. The second-order valence-corrected chi connectivity index (χ2v) is 8.12. The fourth-order valence-corrected chi connectivity index (χ4v) is 2.49. The number of alkyl carbamates (subject to hydrolysis) is 1. The van der Waals surface area contributed by atoms with Gasteiger partial charge >= 0.3 is 6.09 Å². The standard InChI is InChI=1S/C16H24BrClN2O2/c1-15(2,3)22-14(21)19-10-16(4,5)20-9-11-6-7-12(18)8-13(11)17/h6-8,20H,9-10H2,1-5H3,(H,19,21). The summed E-state index contributed by atoms with van der Waals surface area (Å²) in [4.78, 5) is 11.7. The van der Waals surface area contributed by atoms with Crippen LogP contribution in [0.1, 0.15) is 40.2 Å². The van der Waals surface area contributed by atoms with Crippen molar-refractivity contribution in [2.45, 2.75) is 52.3 Å². The van der Waals surface area contributed by atoms with E-state index in [0.717, 1.165) is 10.0 Å². The molecule has 0 saturated carbocycles. The number of carbonyl (C=O) groups excluding carboxylic acids is 1. The summed E-state index contributed by atoms with van der Waals surface area (Å²) >= 11 is 9.43. The maximum Gasteiger partial charge on any atom is 0.407 e. The van der Waals surface area contributed by atoms with Crippen molar-refractivity contribution in [1.82, 2.24) is 10.6 Å². The Kier molecular flexibility index (Phi) is 6.71. The van der Waals surface area contributed by atoms with Gasteiger partial charge in [-0.05, 0) is 52.3 Å². The van der Waals surface area contributed by atoms with Crippen LogP contribution in [0.25, 0.3) is 0 Å². The summed E-state index contributed by atoms with van der Waals surface area (Å²) in [6.45, 7) is 10.7. The maximum atomic E-state index is 11.7. The lowest BCUT2D eigenvalue weighted by Gasteiger charge is -2.28. The number of carbonyl (C=O) groups is 1. The van der Waals surface area contributed by atoms with E-state index in [1.807, 2.05) is 52.8 Å². The number of hydrogen-bond acceptors (Lipinski definition) is 3. The van der Waals surface area contributed by atoms with Crippen molar-refractivity contribution in [2.24, 2.45) is 0 Å². The lowest BCUT2D eigenvalue weighted by molar-refractivity contribution is 0.0513. The average Bonchev–Trinajstić information content (AvgIpc) is 2.33. The van der Waals surface area contributed by atoms with Gasteiger partial charge in [-0.15, -0.1) is 0 Å². The van der Waals surface area contributed by atoms with Crippen molar-refractivity contribution in [3.05, 3.63) is 33.3 Å². The Hall–Kier alpha value is -0.780. The Bertz CT molecular complexity index is 527. The Balaban J connectivity index is 2.48. The number of hydrogen-bond donors (Lipinski definition) is 2. The normalized spacial score (nSPS) is 12.1. The summed E-state index contributed by atoms with van der Waals surface area (Å²) in [5.74, 6) is 0. The monoisotopic (exact) mass is 390 g/mol. The van der Waals surface area contributed by atoms with Crippen molar-refractivity contribution >= 4 is 33.6 Å². The Morgan fingerprint density at radius 1 is 1.27 bits per heavy atom. The largest absolute Gasteiger partial charge is 0.444 e. The molecule has 22 heavy (non-hydrogen) atoms. The molecule has 0 saturated heterocycles. The van der Waals surface area contributed by atoms with Crippen LogP contribution in [-0.4, -0.2) is 23.8 Å². The molecule has 1 aromatic rings. The van der Waals surface area contributed by atoms with E-state index in [4.69, 9.17) is 16.3 Å². The highest BCUT2D eigenvalue weighted by Crippen LogP contribution is 2.22. The second-order valence-electron chi connectivity index (χ2n) is 6.83. The minimum absolute atomic E-state index is 0.268. The quantitative estimate of drug-likeness (QED) is 0.777. The molecule has 1 aromatic carbocycles. The van der Waals surface area contributed by atoms with Crippen molar-refractivity contribution in [3.63, 3.8) is 0 Å². The third-order valence-corrected chi connectivity index (χ3v) is 3.82. The van der Waals surface area contributed by atoms with Gasteiger partial charge in [-0.1, -0.05) is 33.6 Å². The maximum absolute atomic E-state index is 11.7. The van der Waals surface area contributed by atoms with Crippen molar-refractivity contribution in [3.8, 4) is 0 Å². The van der Waals surface area contributed by atoms with Crippen LogP contribution >= 0.6 is 27.5 Å². The summed E-state index contributed by atoms with van der Waals surface area (Å²) in [5.41, 5.74) is 0.348. The molecule has 0 fully saturated rings. The second kappa shape index (κ2) is 7.66. The molecule has 124 valence electrons. The molecule has 1 amide bonds. The van der Waals surface area contributed by atoms with Crippen LogP contribution in [0.2, 0.25) is 5.02 Å². The summed E-state index contributed by atoms with van der Waals surface area (Å²) in [7, 11) is 0. The van der Waals surface area contributed by atoms with Gasteiger partial charge in [0, 0.05) is 28.1 Å². The third kappa shape index (κ3) is 7.47. The molecule has 0 unspecified atom stereocenters. The first kappa shape index (κ1) is 19.3. The van der Waals surface area contributed by atoms with Gasteiger partial charge in [-0.2, -0.15) is 0 Å². The molecule has 0 aliphatic carbocycles. The Labute approximate surface area is 146 Å². The molecule has 0 aliphatic heterocycles. The van der Waals surface area contributed by atoms with Gasteiger partial charge in [-0.25, -0.2) is 4.79 Å². The highest BCUT2D eigenvalue weighted by molar-refractivity contribution is 9.10. The first-order valence-electron chi connectivity index (χ1n) is 7.14. The van der Waals surface area contributed by atoms with Gasteiger partial charge in [0.25, 0.3) is 0 Å². The molecule has 0 heterocycles. The van der Waals surface area contributed by atoms with E-state index in [1.54, 1.807) is 0 Å². The van der Waals surface area contributed by atoms with E-state index in [-0.39, 0.29) is 5.54 Å². The Morgan fingerprint density at radius 2 is 1.91 bits per heavy atom. The highest BCUT2D eigenvalue weighted by Gasteiger charge is 2.21. The van der Waals surface area contributed by atoms with Crippen LogP contribution in [-0.2, 0) is 11.3 Å². The third-order valence-electron chi connectivity index (χ3n) is 2.85. The topological polar surface area (TPSA) is 50.4 Å². The van der Waals surface area contributed by atoms with Gasteiger partial charge in [0.05, 0.1) is 0 Å². The summed E-state index contributed by atoms with van der Waals surface area (Å²) in [6.07, 6.45) is -0.407. The van der Waals surface area contributed by atoms with Crippen LogP contribution in [0.3, 0.4) is 0 Å². The fourth-order valence-electron chi connectivity index (χ4n) is 1.67. The molecule has 0 radical (unpaired) electrons. The van der Waals surface area contributed by atoms with E-state index in [1.165, 1.54) is 0 Å². The van der Waals surface area contributed by atoms with Gasteiger partial charge in [0.1, 0.15) is 5.60 Å². The predicted molar refractivity (Wildman–Crippen MR) is 94.3 cm³/mol. The molecule has 0 bridgehead atoms. The molecular formula is C16H24BrClN2O2. The summed E-state index contributed by atoms with van der Waals surface area (Å²) in [6, 6.07) is 5.69. The van der Waals surface area contributed by atoms with Crippen molar-refractivity contribution < 1.29 is 9.53 Å². The van der Waals surface area contributed by atoms with Gasteiger partial charge < -0.3 is 15.4 Å². The smallest absolute Gasteiger partial charge is 0.407 e. The molecule has 0 spiro atoms. The van der Waals surface area contributed by atoms with Crippen molar-refractivity contribution in [2.75, 3.05) is 6.54 Å². The number of benzene rings is 1. The number of ether oxygens (including phenoxy) is 1. The van der Waals surface area contributed by atoms with E-state index in [2.05, 4.69) is 26.6 Å². The zero-order chi connectivity index (χ0) is 17.0. The van der Waals surface area contributed by atoms with Gasteiger partial charge in [0.15, 0.2) is 0 Å². The zero-order valence-corrected chi connectivity index (χ0v) is 16.1. The summed E-state index contributed by atoms with van der Waals surface area (Å²) < 4.78 is 6.19. The van der Waals surface area contributed by atoms with Gasteiger partial charge in [-0.3, -0.25) is 0 Å². The van der Waals surface area contributed by atoms with Gasteiger partial charge in [0.2, 0.25) is 0 Å². The highest BCUT2D eigenvalue weighted by atomic mass is 79.9. The van der Waals surface area contributed by atoms with E-state index >= 15 is 0 Å². The first-order valence-corrected chi connectivity index (χ1v) is 8.31. The molecule has 6 heteroatoms. The SMILES string of the molecule is CC(C)(CNC(=O)OC(C)(C)C)NCc1ccc(Cl)cc1Br. The molecule has 1 rings (SSSR count). The lowest BCUT2D eigenvalue weighted by atomic mass is 10.1.